The maximum absolute atomic E-state index is 11.7. The van der Waals surface area contributed by atoms with Crippen molar-refractivity contribution in [2.24, 2.45) is 0 Å². The van der Waals surface area contributed by atoms with Gasteiger partial charge in [0.15, 0.2) is 5.78 Å². The first-order chi connectivity index (χ1) is 7.31. The first kappa shape index (κ1) is 10.4. The largest absolute Gasteiger partial charge is 0.293 e. The van der Waals surface area contributed by atoms with E-state index >= 15 is 0 Å². The highest BCUT2D eigenvalue weighted by Crippen LogP contribution is 2.30. The zero-order chi connectivity index (χ0) is 10.7. The minimum absolute atomic E-state index is 0.221. The van der Waals surface area contributed by atoms with Crippen molar-refractivity contribution in [1.82, 2.24) is 0 Å². The molecule has 0 aliphatic rings. The zero-order valence-corrected chi connectivity index (χ0v) is 9.79. The Kier molecular flexibility index (Phi) is 3.20. The van der Waals surface area contributed by atoms with Crippen LogP contribution in [0.1, 0.15) is 28.9 Å². The summed E-state index contributed by atoms with van der Waals surface area (Å²) in [5.41, 5.74) is 0. The van der Waals surface area contributed by atoms with E-state index in [1.165, 1.54) is 9.40 Å². The second-order valence-corrected chi connectivity index (χ2v) is 5.27. The Labute approximate surface area is 96.7 Å². The quantitative estimate of drug-likeness (QED) is 0.445. The minimum atomic E-state index is 0.221. The number of carbonyl (C=O) groups is 1. The van der Waals surface area contributed by atoms with E-state index < -0.39 is 0 Å². The van der Waals surface area contributed by atoms with Crippen molar-refractivity contribution < 1.29 is 4.79 Å². The number of thiophene rings is 2. The summed E-state index contributed by atoms with van der Waals surface area (Å²) in [6, 6.07) is 4.05. The molecule has 0 aliphatic carbocycles. The van der Waals surface area contributed by atoms with E-state index in [2.05, 4.69) is 12.0 Å². The molecule has 2 heterocycles. The highest BCUT2D eigenvalue weighted by atomic mass is 32.1. The van der Waals surface area contributed by atoms with E-state index in [9.17, 15) is 4.79 Å². The van der Waals surface area contributed by atoms with Gasteiger partial charge in [0.25, 0.3) is 0 Å². The molecule has 0 spiro atoms. The fourth-order valence-electron chi connectivity index (χ4n) is 1.38. The minimum Gasteiger partial charge on any atom is -0.293 e. The number of terminal acetylenes is 1. The molecule has 2 rings (SSSR count). The van der Waals surface area contributed by atoms with Crippen LogP contribution in [0.15, 0.2) is 17.5 Å². The van der Waals surface area contributed by atoms with E-state index in [1.807, 2.05) is 11.4 Å². The standard InChI is InChI=1S/C12H10OS2/c1-2-3-4-5-9(13)11-8-12-10(15-11)6-7-14-12/h1,6-8H,3-5H2. The second-order valence-electron chi connectivity index (χ2n) is 3.24. The molecular formula is C12H10OS2. The Morgan fingerprint density at radius 3 is 3.07 bits per heavy atom. The third kappa shape index (κ3) is 2.28. The molecule has 0 N–H and O–H groups in total. The lowest BCUT2D eigenvalue weighted by atomic mass is 10.1. The van der Waals surface area contributed by atoms with E-state index in [-0.39, 0.29) is 5.78 Å². The lowest BCUT2D eigenvalue weighted by molar-refractivity contribution is 0.0984. The van der Waals surface area contributed by atoms with Crippen LogP contribution < -0.4 is 0 Å². The Morgan fingerprint density at radius 1 is 1.47 bits per heavy atom. The molecule has 0 aliphatic heterocycles. The van der Waals surface area contributed by atoms with Crippen LogP contribution in [0.25, 0.3) is 9.40 Å². The number of fused-ring (bicyclic) bond motifs is 1. The van der Waals surface area contributed by atoms with Gasteiger partial charge >= 0.3 is 0 Å². The topological polar surface area (TPSA) is 17.1 Å². The van der Waals surface area contributed by atoms with Gasteiger partial charge in [0.05, 0.1) is 4.88 Å². The molecule has 0 unspecified atom stereocenters. The summed E-state index contributed by atoms with van der Waals surface area (Å²) in [6.45, 7) is 0. The number of hydrogen-bond acceptors (Lipinski definition) is 3. The highest BCUT2D eigenvalue weighted by molar-refractivity contribution is 7.27. The monoisotopic (exact) mass is 234 g/mol. The molecular weight excluding hydrogens is 224 g/mol. The van der Waals surface area contributed by atoms with Gasteiger partial charge in [0.2, 0.25) is 0 Å². The van der Waals surface area contributed by atoms with Crippen molar-refractivity contribution in [2.45, 2.75) is 19.3 Å². The number of carbonyl (C=O) groups excluding carboxylic acids is 1. The predicted octanol–water partition coefficient (Wildman–Crippen LogP) is 3.95. The molecule has 0 saturated carbocycles. The first-order valence-electron chi connectivity index (χ1n) is 4.75. The van der Waals surface area contributed by atoms with Crippen LogP contribution in [0.2, 0.25) is 0 Å². The number of rotatable bonds is 4. The third-order valence-corrected chi connectivity index (χ3v) is 4.27. The molecule has 2 aromatic heterocycles. The molecule has 15 heavy (non-hydrogen) atoms. The Bertz CT molecular complexity index is 484. The SMILES string of the molecule is C#CCCCC(=O)c1cc2sccc2s1. The Hall–Kier alpha value is -1.11. The summed E-state index contributed by atoms with van der Waals surface area (Å²) in [5, 5.41) is 2.05. The molecule has 0 aromatic carbocycles. The fraction of sp³-hybridized carbons (Fsp3) is 0.250. The van der Waals surface area contributed by atoms with Gasteiger partial charge in [-0.05, 0) is 23.9 Å². The highest BCUT2D eigenvalue weighted by Gasteiger charge is 2.10. The van der Waals surface area contributed by atoms with Crippen molar-refractivity contribution >= 4 is 37.9 Å². The maximum Gasteiger partial charge on any atom is 0.172 e. The van der Waals surface area contributed by atoms with Gasteiger partial charge in [0, 0.05) is 22.2 Å². The summed E-state index contributed by atoms with van der Waals surface area (Å²) in [6.07, 6.45) is 7.19. The molecule has 0 fully saturated rings. The molecule has 0 atom stereocenters. The van der Waals surface area contributed by atoms with Crippen molar-refractivity contribution in [1.29, 1.82) is 0 Å². The zero-order valence-electron chi connectivity index (χ0n) is 8.16. The number of Topliss-reactive ketones (excluding diaryl/α,β-unsaturated/α-hetero) is 1. The number of ketones is 1. The number of hydrogen-bond donors (Lipinski definition) is 0. The molecule has 0 radical (unpaired) electrons. The molecule has 2 aromatic rings. The molecule has 76 valence electrons. The summed E-state index contributed by atoms with van der Waals surface area (Å²) in [7, 11) is 0. The normalized spacial score (nSPS) is 10.3. The van der Waals surface area contributed by atoms with Crippen molar-refractivity contribution in [3.05, 3.63) is 22.4 Å². The van der Waals surface area contributed by atoms with Gasteiger partial charge in [-0.2, -0.15) is 0 Å². The Morgan fingerprint density at radius 2 is 2.33 bits per heavy atom. The van der Waals surface area contributed by atoms with Gasteiger partial charge in [-0.1, -0.05) is 0 Å². The summed E-state index contributed by atoms with van der Waals surface area (Å²) in [5.74, 6) is 2.77. The maximum atomic E-state index is 11.7. The van der Waals surface area contributed by atoms with Crippen LogP contribution in [0, 0.1) is 12.3 Å². The smallest absolute Gasteiger partial charge is 0.172 e. The van der Waals surface area contributed by atoms with Gasteiger partial charge in [-0.25, -0.2) is 0 Å². The van der Waals surface area contributed by atoms with Crippen molar-refractivity contribution in [3.8, 4) is 12.3 Å². The first-order valence-corrected chi connectivity index (χ1v) is 6.44. The lowest BCUT2D eigenvalue weighted by Gasteiger charge is -1.93. The van der Waals surface area contributed by atoms with E-state index in [0.29, 0.717) is 12.8 Å². The van der Waals surface area contributed by atoms with Gasteiger partial charge < -0.3 is 0 Å². The second kappa shape index (κ2) is 4.61. The van der Waals surface area contributed by atoms with Crippen LogP contribution in [0.4, 0.5) is 0 Å². The fourth-order valence-corrected chi connectivity index (χ4v) is 3.45. The average Bonchev–Trinajstić information content (AvgIpc) is 2.76. The van der Waals surface area contributed by atoms with Gasteiger partial charge in [-0.15, -0.1) is 35.0 Å². The van der Waals surface area contributed by atoms with E-state index in [1.54, 1.807) is 22.7 Å². The predicted molar refractivity (Wildman–Crippen MR) is 66.7 cm³/mol. The van der Waals surface area contributed by atoms with E-state index in [4.69, 9.17) is 6.42 Å². The third-order valence-electron chi connectivity index (χ3n) is 2.14. The van der Waals surface area contributed by atoms with Crippen molar-refractivity contribution in [3.63, 3.8) is 0 Å². The lowest BCUT2D eigenvalue weighted by Crippen LogP contribution is -1.94. The molecule has 0 amide bonds. The summed E-state index contributed by atoms with van der Waals surface area (Å²) >= 11 is 3.26. The summed E-state index contributed by atoms with van der Waals surface area (Å²) in [4.78, 5) is 12.6. The summed E-state index contributed by atoms with van der Waals surface area (Å²) < 4.78 is 2.42. The Balaban J connectivity index is 2.07. The van der Waals surface area contributed by atoms with Crippen LogP contribution in [-0.4, -0.2) is 5.78 Å². The van der Waals surface area contributed by atoms with E-state index in [0.717, 1.165) is 11.3 Å². The van der Waals surface area contributed by atoms with Crippen LogP contribution in [0.5, 0.6) is 0 Å². The molecule has 0 saturated heterocycles. The van der Waals surface area contributed by atoms with Gasteiger partial charge in [-0.3, -0.25) is 4.79 Å². The molecule has 3 heteroatoms. The van der Waals surface area contributed by atoms with Gasteiger partial charge in [0.1, 0.15) is 0 Å². The molecule has 0 bridgehead atoms. The number of unbranched alkanes of at least 4 members (excludes halogenated alkanes) is 1. The van der Waals surface area contributed by atoms with Crippen molar-refractivity contribution in [2.75, 3.05) is 0 Å². The average molecular weight is 234 g/mol. The van der Waals surface area contributed by atoms with Crippen LogP contribution >= 0.6 is 22.7 Å². The molecule has 1 nitrogen and oxygen atoms in total. The van der Waals surface area contributed by atoms with Crippen LogP contribution in [0.3, 0.4) is 0 Å². The van der Waals surface area contributed by atoms with Crippen LogP contribution in [-0.2, 0) is 0 Å².